The smallest absolute Gasteiger partial charge is 0.326 e. The van der Waals surface area contributed by atoms with Gasteiger partial charge in [-0.3, -0.25) is 10.1 Å². The van der Waals surface area contributed by atoms with E-state index in [-0.39, 0.29) is 12.3 Å². The molecule has 3 amide bonds. The Bertz CT molecular complexity index is 671. The molecule has 0 aliphatic carbocycles. The van der Waals surface area contributed by atoms with E-state index in [1.807, 2.05) is 6.92 Å². The molecular weight excluding hydrogens is 272 g/mol. The number of urea groups is 1. The Morgan fingerprint density at radius 2 is 2.10 bits per heavy atom. The van der Waals surface area contributed by atoms with Crippen molar-refractivity contribution in [2.45, 2.75) is 6.92 Å². The number of hydrogen-bond acceptors (Lipinski definition) is 4. The number of methoxy groups -OCH3 is 1. The Kier molecular flexibility index (Phi) is 4.14. The second-order valence-electron chi connectivity index (χ2n) is 4.33. The van der Waals surface area contributed by atoms with Crippen LogP contribution >= 0.6 is 0 Å². The van der Waals surface area contributed by atoms with E-state index in [0.29, 0.717) is 17.1 Å². The molecule has 21 heavy (non-hydrogen) atoms. The van der Waals surface area contributed by atoms with E-state index < -0.39 is 11.9 Å². The number of hydrogen-bond donors (Lipinski definition) is 2. The summed E-state index contributed by atoms with van der Waals surface area (Å²) in [7, 11) is 1.51. The fourth-order valence-electron chi connectivity index (χ4n) is 1.95. The van der Waals surface area contributed by atoms with E-state index in [1.54, 1.807) is 18.2 Å². The molecular formula is C15H14N2O4. The fourth-order valence-corrected chi connectivity index (χ4v) is 1.95. The average molecular weight is 286 g/mol. The number of rotatable bonds is 4. The second kappa shape index (κ2) is 6.01. The number of benzene rings is 1. The first-order chi connectivity index (χ1) is 10.0. The van der Waals surface area contributed by atoms with Crippen LogP contribution in [0.25, 0.3) is 6.08 Å². The second-order valence-corrected chi connectivity index (χ2v) is 4.33. The van der Waals surface area contributed by atoms with Crippen LogP contribution in [0.3, 0.4) is 0 Å². The van der Waals surface area contributed by atoms with Crippen LogP contribution in [0.4, 0.5) is 4.79 Å². The van der Waals surface area contributed by atoms with Crippen LogP contribution in [0.2, 0.25) is 0 Å². The van der Waals surface area contributed by atoms with Crippen LogP contribution in [0.1, 0.15) is 11.1 Å². The third-order valence-corrected chi connectivity index (χ3v) is 2.81. The van der Waals surface area contributed by atoms with Crippen molar-refractivity contribution in [1.82, 2.24) is 10.6 Å². The summed E-state index contributed by atoms with van der Waals surface area (Å²) in [6.07, 6.45) is 6.73. The number of imide groups is 1. The zero-order valence-corrected chi connectivity index (χ0v) is 11.6. The number of terminal acetylenes is 1. The molecule has 0 atom stereocenters. The monoisotopic (exact) mass is 286 g/mol. The molecule has 0 saturated carbocycles. The molecule has 1 aromatic carbocycles. The van der Waals surface area contributed by atoms with Crippen molar-refractivity contribution in [3.63, 3.8) is 0 Å². The van der Waals surface area contributed by atoms with Gasteiger partial charge < -0.3 is 14.8 Å². The van der Waals surface area contributed by atoms with Gasteiger partial charge in [0.2, 0.25) is 0 Å². The molecule has 1 fully saturated rings. The molecule has 1 saturated heterocycles. The molecule has 6 nitrogen and oxygen atoms in total. The Labute approximate surface area is 122 Å². The molecule has 6 heteroatoms. The predicted molar refractivity (Wildman–Crippen MR) is 76.7 cm³/mol. The number of nitrogens with one attached hydrogen (secondary N) is 2. The van der Waals surface area contributed by atoms with Crippen molar-refractivity contribution in [1.29, 1.82) is 0 Å². The van der Waals surface area contributed by atoms with Gasteiger partial charge in [-0.05, 0) is 36.3 Å². The minimum Gasteiger partial charge on any atom is -0.493 e. The summed E-state index contributed by atoms with van der Waals surface area (Å²) in [6.45, 7) is 1.97. The molecule has 0 spiro atoms. The topological polar surface area (TPSA) is 76.7 Å². The highest BCUT2D eigenvalue weighted by atomic mass is 16.5. The zero-order valence-electron chi connectivity index (χ0n) is 11.6. The number of amides is 3. The highest BCUT2D eigenvalue weighted by molar-refractivity contribution is 6.14. The predicted octanol–water partition coefficient (Wildman–Crippen LogP) is 1.20. The Balaban J connectivity index is 2.37. The number of carbonyl (C=O) groups excluding carboxylic acids is 2. The number of aryl methyl sites for hydroxylation is 1. The van der Waals surface area contributed by atoms with Crippen molar-refractivity contribution < 1.29 is 19.1 Å². The van der Waals surface area contributed by atoms with Gasteiger partial charge in [-0.25, -0.2) is 4.79 Å². The van der Waals surface area contributed by atoms with Crippen molar-refractivity contribution >= 4 is 18.0 Å². The van der Waals surface area contributed by atoms with Gasteiger partial charge in [0.05, 0.1) is 7.11 Å². The van der Waals surface area contributed by atoms with Crippen molar-refractivity contribution in [2.24, 2.45) is 0 Å². The first-order valence-corrected chi connectivity index (χ1v) is 6.14. The summed E-state index contributed by atoms with van der Waals surface area (Å²) < 4.78 is 10.7. The Morgan fingerprint density at radius 1 is 1.33 bits per heavy atom. The molecule has 2 N–H and O–H groups in total. The molecule has 108 valence electrons. The van der Waals surface area contributed by atoms with Crippen molar-refractivity contribution in [3.05, 3.63) is 29.0 Å². The minimum absolute atomic E-state index is 0.135. The van der Waals surface area contributed by atoms with Gasteiger partial charge in [0.25, 0.3) is 5.91 Å². The normalized spacial score (nSPS) is 15.4. The molecule has 1 heterocycles. The third-order valence-electron chi connectivity index (χ3n) is 2.81. The molecule has 1 aromatic rings. The van der Waals surface area contributed by atoms with Crippen LogP contribution in [-0.4, -0.2) is 25.7 Å². The third kappa shape index (κ3) is 3.15. The highest BCUT2D eigenvalue weighted by Crippen LogP contribution is 2.33. The zero-order chi connectivity index (χ0) is 15.4. The van der Waals surface area contributed by atoms with Crippen LogP contribution in [0, 0.1) is 19.3 Å². The summed E-state index contributed by atoms with van der Waals surface area (Å²) >= 11 is 0. The van der Waals surface area contributed by atoms with Gasteiger partial charge in [0.15, 0.2) is 11.5 Å². The molecule has 2 rings (SSSR count). The van der Waals surface area contributed by atoms with Gasteiger partial charge in [-0.2, -0.15) is 0 Å². The fraction of sp³-hybridized carbons (Fsp3) is 0.200. The lowest BCUT2D eigenvalue weighted by molar-refractivity contribution is -0.115. The van der Waals surface area contributed by atoms with Crippen LogP contribution in [0.5, 0.6) is 11.5 Å². The summed E-state index contributed by atoms with van der Waals surface area (Å²) in [5, 5.41) is 4.56. The summed E-state index contributed by atoms with van der Waals surface area (Å²) in [6, 6.07) is 2.96. The van der Waals surface area contributed by atoms with Crippen LogP contribution < -0.4 is 20.1 Å². The first-order valence-electron chi connectivity index (χ1n) is 6.14. The van der Waals surface area contributed by atoms with Gasteiger partial charge in [0, 0.05) is 0 Å². The minimum atomic E-state index is -0.538. The Hall–Kier alpha value is -2.94. The van der Waals surface area contributed by atoms with E-state index in [4.69, 9.17) is 15.9 Å². The molecule has 0 aromatic heterocycles. The average Bonchev–Trinajstić information content (AvgIpc) is 2.75. The van der Waals surface area contributed by atoms with Crippen LogP contribution in [-0.2, 0) is 4.79 Å². The van der Waals surface area contributed by atoms with Gasteiger partial charge >= 0.3 is 6.03 Å². The van der Waals surface area contributed by atoms with E-state index >= 15 is 0 Å². The van der Waals surface area contributed by atoms with Gasteiger partial charge in [-0.1, -0.05) is 5.92 Å². The van der Waals surface area contributed by atoms with E-state index in [9.17, 15) is 9.59 Å². The molecule has 1 aliphatic rings. The quantitative estimate of drug-likeness (QED) is 0.495. The van der Waals surface area contributed by atoms with E-state index in [2.05, 4.69) is 16.6 Å². The SMILES string of the molecule is C#CCOc1c(C)cc(C=C2NC(=O)NC2=O)cc1OC. The number of carbonyl (C=O) groups is 2. The largest absolute Gasteiger partial charge is 0.493 e. The standard InChI is InChI=1S/C15H14N2O4/c1-4-5-21-13-9(2)6-10(8-12(13)20-3)7-11-14(18)17-15(19)16-11/h1,6-8H,5H2,2-3H3,(H2,16,17,18,19). The first kappa shape index (κ1) is 14.5. The molecule has 0 radical (unpaired) electrons. The van der Waals surface area contributed by atoms with Gasteiger partial charge in [0.1, 0.15) is 12.3 Å². The lowest BCUT2D eigenvalue weighted by Crippen LogP contribution is -2.22. The number of ether oxygens (including phenoxy) is 2. The van der Waals surface area contributed by atoms with Crippen LogP contribution in [0.15, 0.2) is 17.8 Å². The summed E-state index contributed by atoms with van der Waals surface area (Å²) in [4.78, 5) is 22.6. The summed E-state index contributed by atoms with van der Waals surface area (Å²) in [5.74, 6) is 2.98. The van der Waals surface area contributed by atoms with E-state index in [1.165, 1.54) is 7.11 Å². The maximum Gasteiger partial charge on any atom is 0.326 e. The summed E-state index contributed by atoms with van der Waals surface area (Å²) in [5.41, 5.74) is 1.68. The maximum absolute atomic E-state index is 11.5. The molecule has 0 bridgehead atoms. The van der Waals surface area contributed by atoms with E-state index in [0.717, 1.165) is 5.56 Å². The van der Waals surface area contributed by atoms with Crippen molar-refractivity contribution in [2.75, 3.05) is 13.7 Å². The lowest BCUT2D eigenvalue weighted by Gasteiger charge is -2.12. The highest BCUT2D eigenvalue weighted by Gasteiger charge is 2.23. The van der Waals surface area contributed by atoms with Gasteiger partial charge in [-0.15, -0.1) is 6.42 Å². The van der Waals surface area contributed by atoms with Crippen molar-refractivity contribution in [3.8, 4) is 23.8 Å². The molecule has 1 aliphatic heterocycles. The Morgan fingerprint density at radius 3 is 2.67 bits per heavy atom. The lowest BCUT2D eigenvalue weighted by atomic mass is 10.1. The molecule has 0 unspecified atom stereocenters. The maximum atomic E-state index is 11.5.